The zero-order valence-corrected chi connectivity index (χ0v) is 14.0. The molecule has 2 aromatic rings. The van der Waals surface area contributed by atoms with E-state index in [0.717, 1.165) is 23.8 Å². The van der Waals surface area contributed by atoms with Gasteiger partial charge in [0, 0.05) is 6.08 Å². The first-order valence-corrected chi connectivity index (χ1v) is 8.11. The molecular weight excluding hydrogens is 379 g/mol. The van der Waals surface area contributed by atoms with Crippen LogP contribution in [0.25, 0.3) is 6.08 Å². The molecule has 0 aliphatic heterocycles. The first-order chi connectivity index (χ1) is 11.8. The lowest BCUT2D eigenvalue weighted by Crippen LogP contribution is -2.20. The number of carbonyl (C=O) groups is 2. The molecule has 0 saturated heterocycles. The van der Waals surface area contributed by atoms with Crippen molar-refractivity contribution < 1.29 is 27.5 Å². The van der Waals surface area contributed by atoms with Gasteiger partial charge >= 0.3 is 12.1 Å². The summed E-state index contributed by atoms with van der Waals surface area (Å²) in [4.78, 5) is 23.2. The highest BCUT2D eigenvalue weighted by Crippen LogP contribution is 2.33. The number of amides is 1. The lowest BCUT2D eigenvalue weighted by molar-refractivity contribution is -0.142. The highest BCUT2D eigenvalue weighted by Gasteiger charge is 2.31. The van der Waals surface area contributed by atoms with Gasteiger partial charge in [-0.25, -0.2) is 4.79 Å². The maximum Gasteiger partial charge on any atom is 0.416 e. The summed E-state index contributed by atoms with van der Waals surface area (Å²) in [5.41, 5.74) is -0.364. The van der Waals surface area contributed by atoms with Crippen molar-refractivity contribution in [1.29, 1.82) is 0 Å². The van der Waals surface area contributed by atoms with Gasteiger partial charge in [-0.1, -0.05) is 11.6 Å². The van der Waals surface area contributed by atoms with Gasteiger partial charge in [0.05, 0.1) is 16.3 Å². The molecule has 0 spiro atoms. The zero-order valence-electron chi connectivity index (χ0n) is 12.5. The van der Waals surface area contributed by atoms with Gasteiger partial charge in [0.2, 0.25) is 0 Å². The van der Waals surface area contributed by atoms with Gasteiger partial charge in [-0.05, 0) is 46.7 Å². The van der Waals surface area contributed by atoms with Crippen LogP contribution in [0.1, 0.15) is 11.1 Å². The molecule has 0 radical (unpaired) electrons. The fourth-order valence-corrected chi connectivity index (χ4v) is 2.50. The molecule has 1 N–H and O–H groups in total. The lowest BCUT2D eigenvalue weighted by Gasteiger charge is -2.11. The third-order valence-electron chi connectivity index (χ3n) is 2.87. The van der Waals surface area contributed by atoms with Crippen molar-refractivity contribution in [2.24, 2.45) is 0 Å². The minimum absolute atomic E-state index is 0.0648. The van der Waals surface area contributed by atoms with Gasteiger partial charge in [-0.3, -0.25) is 4.79 Å². The van der Waals surface area contributed by atoms with Crippen molar-refractivity contribution in [2.75, 3.05) is 11.9 Å². The average molecular weight is 390 g/mol. The second-order valence-corrected chi connectivity index (χ2v) is 5.93. The van der Waals surface area contributed by atoms with Crippen molar-refractivity contribution in [3.63, 3.8) is 0 Å². The van der Waals surface area contributed by atoms with Crippen LogP contribution in [-0.4, -0.2) is 18.5 Å². The van der Waals surface area contributed by atoms with Crippen molar-refractivity contribution in [3.8, 4) is 0 Å². The molecule has 1 aromatic heterocycles. The summed E-state index contributed by atoms with van der Waals surface area (Å²) in [5, 5.41) is 5.75. The van der Waals surface area contributed by atoms with E-state index in [9.17, 15) is 22.8 Å². The molecule has 9 heteroatoms. The van der Waals surface area contributed by atoms with Crippen LogP contribution in [0, 0.1) is 0 Å². The van der Waals surface area contributed by atoms with Crippen LogP contribution in [0.2, 0.25) is 5.02 Å². The fraction of sp³-hybridized carbons (Fsp3) is 0.125. The number of anilines is 1. The van der Waals surface area contributed by atoms with Crippen LogP contribution in [-0.2, 0) is 20.5 Å². The number of rotatable bonds is 5. The summed E-state index contributed by atoms with van der Waals surface area (Å²) >= 11 is 7.21. The van der Waals surface area contributed by atoms with Crippen molar-refractivity contribution in [2.45, 2.75) is 6.18 Å². The SMILES string of the molecule is O=C(COC(=O)/C=C/c1ccsc1)Nc1cc(C(F)(F)F)ccc1Cl. The monoisotopic (exact) mass is 389 g/mol. The lowest BCUT2D eigenvalue weighted by atomic mass is 10.2. The summed E-state index contributed by atoms with van der Waals surface area (Å²) in [7, 11) is 0. The Balaban J connectivity index is 1.91. The molecule has 1 amide bonds. The summed E-state index contributed by atoms with van der Waals surface area (Å²) in [6.45, 7) is -0.653. The van der Waals surface area contributed by atoms with E-state index in [2.05, 4.69) is 5.32 Å². The number of benzene rings is 1. The van der Waals surface area contributed by atoms with Crippen LogP contribution in [0.4, 0.5) is 18.9 Å². The fourth-order valence-electron chi connectivity index (χ4n) is 1.70. The molecule has 1 heterocycles. The van der Waals surface area contributed by atoms with Gasteiger partial charge in [-0.2, -0.15) is 24.5 Å². The topological polar surface area (TPSA) is 55.4 Å². The summed E-state index contributed by atoms with van der Waals surface area (Å²) < 4.78 is 42.7. The number of carbonyl (C=O) groups excluding carboxylic acids is 2. The van der Waals surface area contributed by atoms with Gasteiger partial charge in [0.15, 0.2) is 6.61 Å². The van der Waals surface area contributed by atoms with Crippen LogP contribution in [0.15, 0.2) is 41.1 Å². The standard InChI is InChI=1S/C16H11ClF3NO3S/c17-12-3-2-11(16(18,19)20)7-13(12)21-14(22)8-24-15(23)4-1-10-5-6-25-9-10/h1-7,9H,8H2,(H,21,22)/b4-1+. The third-order valence-corrected chi connectivity index (χ3v) is 3.90. The molecule has 0 atom stereocenters. The number of alkyl halides is 3. The van der Waals surface area contributed by atoms with Crippen LogP contribution < -0.4 is 5.32 Å². The van der Waals surface area contributed by atoms with Crippen LogP contribution >= 0.6 is 22.9 Å². The molecule has 0 aliphatic rings. The molecule has 0 saturated carbocycles. The number of esters is 1. The van der Waals surface area contributed by atoms with E-state index in [0.29, 0.717) is 6.07 Å². The molecular formula is C16H11ClF3NO3S. The summed E-state index contributed by atoms with van der Waals surface area (Å²) in [6, 6.07) is 4.32. The first kappa shape index (κ1) is 19.0. The van der Waals surface area contributed by atoms with E-state index in [1.807, 2.05) is 10.8 Å². The molecule has 132 valence electrons. The Morgan fingerprint density at radius 1 is 1.28 bits per heavy atom. The number of hydrogen-bond donors (Lipinski definition) is 1. The van der Waals surface area contributed by atoms with Crippen molar-refractivity contribution in [1.82, 2.24) is 0 Å². The normalized spacial score (nSPS) is 11.5. The third kappa shape index (κ3) is 5.91. The Hall–Kier alpha value is -2.32. The Morgan fingerprint density at radius 3 is 2.68 bits per heavy atom. The summed E-state index contributed by atoms with van der Waals surface area (Å²) in [5.74, 6) is -1.56. The van der Waals surface area contributed by atoms with Crippen molar-refractivity contribution in [3.05, 3.63) is 57.3 Å². The van der Waals surface area contributed by atoms with Crippen molar-refractivity contribution >= 4 is 46.6 Å². The Kier molecular flexibility index (Phi) is 6.22. The zero-order chi connectivity index (χ0) is 18.4. The number of thiophene rings is 1. The Labute approximate surface area is 149 Å². The quantitative estimate of drug-likeness (QED) is 0.600. The molecule has 0 fully saturated rings. The predicted molar refractivity (Wildman–Crippen MR) is 89.4 cm³/mol. The minimum atomic E-state index is -4.57. The minimum Gasteiger partial charge on any atom is -0.452 e. The van der Waals surface area contributed by atoms with Gasteiger partial charge in [0.25, 0.3) is 5.91 Å². The molecule has 25 heavy (non-hydrogen) atoms. The maximum absolute atomic E-state index is 12.7. The molecule has 2 rings (SSSR count). The van der Waals surface area contributed by atoms with E-state index < -0.39 is 30.2 Å². The maximum atomic E-state index is 12.7. The van der Waals surface area contributed by atoms with Gasteiger partial charge < -0.3 is 10.1 Å². The second kappa shape index (κ2) is 8.17. The Morgan fingerprint density at radius 2 is 2.04 bits per heavy atom. The van der Waals surface area contributed by atoms with E-state index in [4.69, 9.17) is 16.3 Å². The summed E-state index contributed by atoms with van der Waals surface area (Å²) in [6.07, 6.45) is -1.91. The number of hydrogen-bond acceptors (Lipinski definition) is 4. The highest BCUT2D eigenvalue weighted by atomic mass is 35.5. The number of nitrogens with one attached hydrogen (secondary N) is 1. The van der Waals surface area contributed by atoms with Gasteiger partial charge in [0.1, 0.15) is 0 Å². The van der Waals surface area contributed by atoms with E-state index in [1.54, 1.807) is 6.07 Å². The molecule has 0 aliphatic carbocycles. The molecule has 1 aromatic carbocycles. The van der Waals surface area contributed by atoms with E-state index in [1.165, 1.54) is 17.4 Å². The van der Waals surface area contributed by atoms with E-state index in [-0.39, 0.29) is 10.7 Å². The molecule has 0 unspecified atom stereocenters. The van der Waals surface area contributed by atoms with Crippen LogP contribution in [0.5, 0.6) is 0 Å². The molecule has 4 nitrogen and oxygen atoms in total. The van der Waals surface area contributed by atoms with Crippen LogP contribution in [0.3, 0.4) is 0 Å². The smallest absolute Gasteiger partial charge is 0.416 e. The Bertz CT molecular complexity index is 788. The van der Waals surface area contributed by atoms with Gasteiger partial charge in [-0.15, -0.1) is 0 Å². The number of ether oxygens (including phenoxy) is 1. The second-order valence-electron chi connectivity index (χ2n) is 4.74. The average Bonchev–Trinajstić information content (AvgIpc) is 3.05. The largest absolute Gasteiger partial charge is 0.452 e. The molecule has 0 bridgehead atoms. The highest BCUT2D eigenvalue weighted by molar-refractivity contribution is 7.08. The van der Waals surface area contributed by atoms with E-state index >= 15 is 0 Å². The number of halogens is 4. The predicted octanol–water partition coefficient (Wildman–Crippen LogP) is 4.62. The first-order valence-electron chi connectivity index (χ1n) is 6.79.